The second-order valence-electron chi connectivity index (χ2n) is 7.88. The van der Waals surface area contributed by atoms with Gasteiger partial charge >= 0.3 is 0 Å². The van der Waals surface area contributed by atoms with Crippen molar-refractivity contribution in [2.75, 3.05) is 17.2 Å². The average molecular weight is 430 g/mol. The molecule has 1 heterocycles. The van der Waals surface area contributed by atoms with Gasteiger partial charge in [-0.3, -0.25) is 19.4 Å². The Labute approximate surface area is 178 Å². The number of benzene rings is 1. The number of nitrogens with two attached hydrogens (primary N) is 2. The number of hydrogen-bond acceptors (Lipinski definition) is 7. The minimum absolute atomic E-state index is 0.0984. The van der Waals surface area contributed by atoms with Crippen LogP contribution in [-0.4, -0.2) is 33.7 Å². The van der Waals surface area contributed by atoms with Crippen LogP contribution in [0.1, 0.15) is 66.2 Å². The van der Waals surface area contributed by atoms with Gasteiger partial charge in [-0.05, 0) is 31.0 Å². The third-order valence-electron chi connectivity index (χ3n) is 5.47. The van der Waals surface area contributed by atoms with E-state index >= 15 is 0 Å². The number of Topliss-reactive ketones (excluding diaryl/α,β-unsaturated/α-hetero) is 1. The van der Waals surface area contributed by atoms with Gasteiger partial charge in [0.25, 0.3) is 11.5 Å². The minimum atomic E-state index is -0.975. The highest BCUT2D eigenvalue weighted by molar-refractivity contribution is 5.99. The van der Waals surface area contributed by atoms with Crippen LogP contribution in [0.25, 0.3) is 0 Å². The van der Waals surface area contributed by atoms with Crippen LogP contribution in [0.4, 0.5) is 21.8 Å². The van der Waals surface area contributed by atoms with Gasteiger partial charge in [0.05, 0.1) is 5.56 Å². The monoisotopic (exact) mass is 430 g/mol. The number of aromatic amines is 1. The second-order valence-corrected chi connectivity index (χ2v) is 7.88. The van der Waals surface area contributed by atoms with Crippen LogP contribution in [0.5, 0.6) is 0 Å². The Hall–Kier alpha value is -3.27. The van der Waals surface area contributed by atoms with Crippen molar-refractivity contribution in [2.24, 2.45) is 11.5 Å². The van der Waals surface area contributed by atoms with Crippen LogP contribution < -0.4 is 27.7 Å². The van der Waals surface area contributed by atoms with Crippen molar-refractivity contribution in [3.63, 3.8) is 0 Å². The smallest absolute Gasteiger partial charge is 0.267 e. The van der Waals surface area contributed by atoms with Gasteiger partial charge in [-0.2, -0.15) is 4.98 Å². The number of nitrogens with one attached hydrogen (secondary N) is 3. The molecule has 2 aromatic rings. The summed E-state index contributed by atoms with van der Waals surface area (Å²) in [5.74, 6) is -1.99. The van der Waals surface area contributed by atoms with E-state index in [1.807, 2.05) is 0 Å². The van der Waals surface area contributed by atoms with Crippen molar-refractivity contribution < 1.29 is 14.0 Å². The molecule has 9 nitrogen and oxygen atoms in total. The molecule has 0 spiro atoms. The standard InChI is InChI=1S/C21H27FN6O3/c1-2-15(29)13-10-12(6-7-14(13)22)26-18-16(17(23)30)19(31)28-20(27-18)25-11-21(24)8-4-3-5-9-21/h6-7,10H,2-5,8-9,11,24H2,1H3,(H2,23,30)(H3,25,26,27,28,31). The number of rotatable bonds is 8. The normalized spacial score (nSPS) is 15.3. The summed E-state index contributed by atoms with van der Waals surface area (Å²) in [5.41, 5.74) is 10.5. The van der Waals surface area contributed by atoms with E-state index in [1.165, 1.54) is 12.1 Å². The number of carbonyl (C=O) groups excluding carboxylic acids is 2. The van der Waals surface area contributed by atoms with Crippen LogP contribution in [-0.2, 0) is 0 Å². The van der Waals surface area contributed by atoms with E-state index in [2.05, 4.69) is 20.6 Å². The Balaban J connectivity index is 1.90. The van der Waals surface area contributed by atoms with Gasteiger partial charge in [-0.1, -0.05) is 26.2 Å². The number of carbonyl (C=O) groups is 2. The minimum Gasteiger partial charge on any atom is -0.365 e. The number of nitrogens with zero attached hydrogens (tertiary/aromatic N) is 1. The Morgan fingerprint density at radius 2 is 1.97 bits per heavy atom. The zero-order valence-corrected chi connectivity index (χ0v) is 17.4. The molecule has 1 aromatic heterocycles. The largest absolute Gasteiger partial charge is 0.365 e. The first-order chi connectivity index (χ1) is 14.7. The molecule has 166 valence electrons. The topological polar surface area (TPSA) is 156 Å². The molecule has 1 saturated carbocycles. The summed E-state index contributed by atoms with van der Waals surface area (Å²) >= 11 is 0. The number of amides is 1. The summed E-state index contributed by atoms with van der Waals surface area (Å²) in [5, 5.41) is 5.85. The zero-order chi connectivity index (χ0) is 22.6. The third-order valence-corrected chi connectivity index (χ3v) is 5.47. The first-order valence-electron chi connectivity index (χ1n) is 10.3. The lowest BCUT2D eigenvalue weighted by Gasteiger charge is -2.33. The van der Waals surface area contributed by atoms with Gasteiger partial charge in [-0.25, -0.2) is 4.39 Å². The highest BCUT2D eigenvalue weighted by Gasteiger charge is 2.27. The summed E-state index contributed by atoms with van der Waals surface area (Å²) in [4.78, 5) is 43.0. The first-order valence-corrected chi connectivity index (χ1v) is 10.3. The number of halogens is 1. The van der Waals surface area contributed by atoms with E-state index in [1.54, 1.807) is 6.92 Å². The van der Waals surface area contributed by atoms with Crippen LogP contribution in [0.3, 0.4) is 0 Å². The average Bonchev–Trinajstić information content (AvgIpc) is 2.73. The number of primary amides is 1. The summed E-state index contributed by atoms with van der Waals surface area (Å²) in [6.45, 7) is 2.02. The van der Waals surface area contributed by atoms with Crippen molar-refractivity contribution >= 4 is 29.1 Å². The lowest BCUT2D eigenvalue weighted by atomic mass is 9.82. The van der Waals surface area contributed by atoms with E-state index in [9.17, 15) is 18.8 Å². The first kappa shape index (κ1) is 22.4. The predicted molar refractivity (Wildman–Crippen MR) is 116 cm³/mol. The van der Waals surface area contributed by atoms with Crippen molar-refractivity contribution in [1.82, 2.24) is 9.97 Å². The summed E-state index contributed by atoms with van der Waals surface area (Å²) in [7, 11) is 0. The van der Waals surface area contributed by atoms with Crippen molar-refractivity contribution in [3.8, 4) is 0 Å². The predicted octanol–water partition coefficient (Wildman–Crippen LogP) is 2.42. The summed E-state index contributed by atoms with van der Waals surface area (Å²) in [6, 6.07) is 3.81. The van der Waals surface area contributed by atoms with Crippen molar-refractivity contribution in [2.45, 2.75) is 51.0 Å². The molecule has 1 fully saturated rings. The number of aromatic nitrogens is 2. The van der Waals surface area contributed by atoms with Gasteiger partial charge in [0.2, 0.25) is 5.95 Å². The zero-order valence-electron chi connectivity index (χ0n) is 17.4. The summed E-state index contributed by atoms with van der Waals surface area (Å²) in [6.07, 6.45) is 5.08. The van der Waals surface area contributed by atoms with Crippen LogP contribution >= 0.6 is 0 Å². The maximum Gasteiger partial charge on any atom is 0.267 e. The van der Waals surface area contributed by atoms with Crippen molar-refractivity contribution in [1.29, 1.82) is 0 Å². The molecule has 0 radical (unpaired) electrons. The molecular weight excluding hydrogens is 403 g/mol. The molecule has 0 bridgehead atoms. The SMILES string of the molecule is CCC(=O)c1cc(Nc2nc(NCC3(N)CCCCC3)[nH]c(=O)c2C(N)=O)ccc1F. The molecule has 0 atom stereocenters. The number of hydrogen-bond donors (Lipinski definition) is 5. The number of ketones is 1. The Bertz CT molecular complexity index is 1050. The lowest BCUT2D eigenvalue weighted by molar-refractivity contribution is 0.0980. The highest BCUT2D eigenvalue weighted by Crippen LogP contribution is 2.26. The van der Waals surface area contributed by atoms with E-state index in [-0.39, 0.29) is 40.8 Å². The molecule has 0 aliphatic heterocycles. The highest BCUT2D eigenvalue weighted by atomic mass is 19.1. The maximum absolute atomic E-state index is 14.0. The fraction of sp³-hybridized carbons (Fsp3) is 0.429. The molecule has 1 amide bonds. The fourth-order valence-corrected chi connectivity index (χ4v) is 3.71. The van der Waals surface area contributed by atoms with Gasteiger partial charge in [0.1, 0.15) is 11.4 Å². The molecule has 1 aliphatic rings. The Kier molecular flexibility index (Phi) is 6.69. The molecule has 0 saturated heterocycles. The number of anilines is 3. The molecule has 10 heteroatoms. The molecule has 0 unspecified atom stereocenters. The molecule has 1 aromatic carbocycles. The van der Waals surface area contributed by atoms with Crippen LogP contribution in [0.2, 0.25) is 0 Å². The van der Waals surface area contributed by atoms with Crippen molar-refractivity contribution in [3.05, 3.63) is 45.5 Å². The molecule has 7 N–H and O–H groups in total. The van der Waals surface area contributed by atoms with Gasteiger partial charge in [-0.15, -0.1) is 0 Å². The lowest BCUT2D eigenvalue weighted by Crippen LogP contribution is -2.48. The van der Waals surface area contributed by atoms with Crippen LogP contribution in [0, 0.1) is 5.82 Å². The quantitative estimate of drug-likeness (QED) is 0.403. The van der Waals surface area contributed by atoms with Gasteiger partial charge in [0.15, 0.2) is 11.6 Å². The third kappa shape index (κ3) is 5.26. The van der Waals surface area contributed by atoms with Gasteiger partial charge in [0, 0.05) is 24.2 Å². The molecular formula is C21H27FN6O3. The molecule has 31 heavy (non-hydrogen) atoms. The van der Waals surface area contributed by atoms with E-state index in [0.29, 0.717) is 6.54 Å². The van der Waals surface area contributed by atoms with E-state index in [4.69, 9.17) is 11.5 Å². The van der Waals surface area contributed by atoms with Crippen LogP contribution in [0.15, 0.2) is 23.0 Å². The fourth-order valence-electron chi connectivity index (χ4n) is 3.71. The molecule has 3 rings (SSSR count). The van der Waals surface area contributed by atoms with E-state index in [0.717, 1.165) is 38.2 Å². The second kappa shape index (κ2) is 9.25. The molecule has 1 aliphatic carbocycles. The number of H-pyrrole nitrogens is 1. The summed E-state index contributed by atoms with van der Waals surface area (Å²) < 4.78 is 14.0. The maximum atomic E-state index is 14.0. The Morgan fingerprint density at radius 1 is 1.26 bits per heavy atom. The Morgan fingerprint density at radius 3 is 2.61 bits per heavy atom. The van der Waals surface area contributed by atoms with E-state index < -0.39 is 22.8 Å². The van der Waals surface area contributed by atoms with Gasteiger partial charge < -0.3 is 22.1 Å².